The zero-order valence-electron chi connectivity index (χ0n) is 15.4. The molecule has 1 aromatic heterocycles. The van der Waals surface area contributed by atoms with Gasteiger partial charge >= 0.3 is 0 Å². The first-order chi connectivity index (χ1) is 13.2. The summed E-state index contributed by atoms with van der Waals surface area (Å²) in [5.41, 5.74) is 2.49. The standard InChI is InChI=1S/C21H24ClN5/c1-23-21(25-12-11-17-7-9-19(22)10-8-17)26-15-20-24-13-14-27(20)16-18-5-3-2-4-6-18/h2-10,13-14H,11-12,15-16H2,1H3,(H2,23,25,26). The number of nitrogens with one attached hydrogen (secondary N) is 2. The van der Waals surface area contributed by atoms with Gasteiger partial charge in [-0.25, -0.2) is 4.98 Å². The van der Waals surface area contributed by atoms with Crippen molar-refractivity contribution in [2.75, 3.05) is 13.6 Å². The van der Waals surface area contributed by atoms with Crippen molar-refractivity contribution in [2.45, 2.75) is 19.5 Å². The summed E-state index contributed by atoms with van der Waals surface area (Å²) >= 11 is 5.92. The van der Waals surface area contributed by atoms with Crippen LogP contribution in [0.25, 0.3) is 0 Å². The van der Waals surface area contributed by atoms with Gasteiger partial charge in [-0.1, -0.05) is 54.1 Å². The van der Waals surface area contributed by atoms with Crippen LogP contribution in [0.15, 0.2) is 72.0 Å². The molecule has 0 unspecified atom stereocenters. The van der Waals surface area contributed by atoms with Crippen molar-refractivity contribution >= 4 is 17.6 Å². The quantitative estimate of drug-likeness (QED) is 0.486. The van der Waals surface area contributed by atoms with E-state index in [0.29, 0.717) is 6.54 Å². The van der Waals surface area contributed by atoms with Crippen molar-refractivity contribution in [2.24, 2.45) is 4.99 Å². The average Bonchev–Trinajstić information content (AvgIpc) is 3.14. The highest BCUT2D eigenvalue weighted by Crippen LogP contribution is 2.09. The fourth-order valence-corrected chi connectivity index (χ4v) is 2.92. The van der Waals surface area contributed by atoms with E-state index in [1.54, 1.807) is 7.05 Å². The summed E-state index contributed by atoms with van der Waals surface area (Å²) < 4.78 is 2.14. The van der Waals surface area contributed by atoms with Gasteiger partial charge in [-0.05, 0) is 29.7 Å². The van der Waals surface area contributed by atoms with Gasteiger partial charge in [-0.3, -0.25) is 4.99 Å². The van der Waals surface area contributed by atoms with Crippen molar-refractivity contribution in [3.8, 4) is 0 Å². The summed E-state index contributed by atoms with van der Waals surface area (Å²) in [5.74, 6) is 1.73. The molecule has 0 aliphatic heterocycles. The second-order valence-electron chi connectivity index (χ2n) is 6.19. The summed E-state index contributed by atoms with van der Waals surface area (Å²) in [4.78, 5) is 8.74. The molecular formula is C21H24ClN5. The molecular weight excluding hydrogens is 358 g/mol. The molecule has 3 aromatic rings. The van der Waals surface area contributed by atoms with Gasteiger partial charge in [0.25, 0.3) is 0 Å². The first-order valence-electron chi connectivity index (χ1n) is 8.97. The van der Waals surface area contributed by atoms with E-state index in [9.17, 15) is 0 Å². The van der Waals surface area contributed by atoms with Crippen LogP contribution in [0.5, 0.6) is 0 Å². The highest BCUT2D eigenvalue weighted by atomic mass is 35.5. The molecule has 2 N–H and O–H groups in total. The molecule has 140 valence electrons. The minimum Gasteiger partial charge on any atom is -0.356 e. The number of imidazole rings is 1. The normalized spacial score (nSPS) is 11.4. The van der Waals surface area contributed by atoms with Crippen molar-refractivity contribution < 1.29 is 0 Å². The highest BCUT2D eigenvalue weighted by molar-refractivity contribution is 6.30. The SMILES string of the molecule is CN=C(NCCc1ccc(Cl)cc1)NCc1nccn1Cc1ccccc1. The summed E-state index contributed by atoms with van der Waals surface area (Å²) in [6.07, 6.45) is 4.73. The lowest BCUT2D eigenvalue weighted by Crippen LogP contribution is -2.38. The number of benzene rings is 2. The Hall–Kier alpha value is -2.79. The molecule has 0 fully saturated rings. The van der Waals surface area contributed by atoms with Crippen LogP contribution < -0.4 is 10.6 Å². The number of nitrogens with zero attached hydrogens (tertiary/aromatic N) is 3. The third-order valence-electron chi connectivity index (χ3n) is 4.25. The molecule has 0 amide bonds. The van der Waals surface area contributed by atoms with E-state index >= 15 is 0 Å². The summed E-state index contributed by atoms with van der Waals surface area (Å²) in [7, 11) is 1.77. The highest BCUT2D eigenvalue weighted by Gasteiger charge is 2.05. The second-order valence-corrected chi connectivity index (χ2v) is 6.62. The van der Waals surface area contributed by atoms with Crippen molar-refractivity contribution in [1.29, 1.82) is 0 Å². The van der Waals surface area contributed by atoms with E-state index in [0.717, 1.165) is 36.3 Å². The Morgan fingerprint density at radius 2 is 1.81 bits per heavy atom. The van der Waals surface area contributed by atoms with Crippen molar-refractivity contribution in [1.82, 2.24) is 20.2 Å². The number of hydrogen-bond acceptors (Lipinski definition) is 2. The molecule has 0 spiro atoms. The third kappa shape index (κ3) is 5.86. The largest absolute Gasteiger partial charge is 0.356 e. The van der Waals surface area contributed by atoms with Crippen molar-refractivity contribution in [3.05, 3.63) is 89.0 Å². The van der Waals surface area contributed by atoms with E-state index in [4.69, 9.17) is 11.6 Å². The Labute approximate surface area is 165 Å². The van der Waals surface area contributed by atoms with Crippen LogP contribution in [0.1, 0.15) is 17.0 Å². The number of aromatic nitrogens is 2. The Morgan fingerprint density at radius 3 is 2.56 bits per heavy atom. The van der Waals surface area contributed by atoms with Gasteiger partial charge in [-0.2, -0.15) is 0 Å². The lowest BCUT2D eigenvalue weighted by atomic mass is 10.1. The lowest BCUT2D eigenvalue weighted by molar-refractivity contribution is 0.687. The first-order valence-corrected chi connectivity index (χ1v) is 9.35. The summed E-state index contributed by atoms with van der Waals surface area (Å²) in [5, 5.41) is 7.42. The molecule has 2 aromatic carbocycles. The molecule has 0 atom stereocenters. The molecule has 0 saturated carbocycles. The Morgan fingerprint density at radius 1 is 1.04 bits per heavy atom. The van der Waals surface area contributed by atoms with E-state index < -0.39 is 0 Å². The minimum absolute atomic E-state index is 0.612. The van der Waals surface area contributed by atoms with Gasteiger partial charge < -0.3 is 15.2 Å². The number of guanidine groups is 1. The zero-order valence-corrected chi connectivity index (χ0v) is 16.2. The van der Waals surface area contributed by atoms with Gasteiger partial charge in [0, 0.05) is 37.6 Å². The smallest absolute Gasteiger partial charge is 0.191 e. The molecule has 5 nitrogen and oxygen atoms in total. The monoisotopic (exact) mass is 381 g/mol. The molecule has 1 heterocycles. The van der Waals surface area contributed by atoms with Crippen LogP contribution in [-0.2, 0) is 19.5 Å². The van der Waals surface area contributed by atoms with Gasteiger partial charge in [0.05, 0.1) is 6.54 Å². The Kier molecular flexibility index (Phi) is 6.88. The summed E-state index contributed by atoms with van der Waals surface area (Å²) in [6.45, 7) is 2.21. The van der Waals surface area contributed by atoms with Crippen LogP contribution in [0.3, 0.4) is 0 Å². The first kappa shape index (κ1) is 19.0. The van der Waals surface area contributed by atoms with Gasteiger partial charge in [-0.15, -0.1) is 0 Å². The molecule has 0 bridgehead atoms. The number of hydrogen-bond donors (Lipinski definition) is 2. The zero-order chi connectivity index (χ0) is 18.9. The molecule has 0 radical (unpaired) electrons. The number of halogens is 1. The van der Waals surface area contributed by atoms with Crippen LogP contribution >= 0.6 is 11.6 Å². The van der Waals surface area contributed by atoms with E-state index in [1.807, 2.05) is 42.7 Å². The van der Waals surface area contributed by atoms with Crippen LogP contribution in [0, 0.1) is 0 Å². The molecule has 6 heteroatoms. The maximum Gasteiger partial charge on any atom is 0.191 e. The van der Waals surface area contributed by atoms with Crippen LogP contribution in [-0.4, -0.2) is 29.1 Å². The van der Waals surface area contributed by atoms with E-state index in [1.165, 1.54) is 11.1 Å². The van der Waals surface area contributed by atoms with Crippen LogP contribution in [0.2, 0.25) is 5.02 Å². The van der Waals surface area contributed by atoms with E-state index in [2.05, 4.69) is 49.4 Å². The van der Waals surface area contributed by atoms with Crippen molar-refractivity contribution in [3.63, 3.8) is 0 Å². The lowest BCUT2D eigenvalue weighted by Gasteiger charge is -2.13. The van der Waals surface area contributed by atoms with E-state index in [-0.39, 0.29) is 0 Å². The van der Waals surface area contributed by atoms with Gasteiger partial charge in [0.2, 0.25) is 0 Å². The maximum atomic E-state index is 5.92. The minimum atomic E-state index is 0.612. The van der Waals surface area contributed by atoms with Crippen LogP contribution in [0.4, 0.5) is 0 Å². The molecule has 0 saturated heterocycles. The summed E-state index contributed by atoms with van der Waals surface area (Å²) in [6, 6.07) is 18.3. The predicted octanol–water partition coefficient (Wildman–Crippen LogP) is 3.49. The maximum absolute atomic E-state index is 5.92. The molecule has 0 aliphatic carbocycles. The molecule has 3 rings (SSSR count). The molecule has 0 aliphatic rings. The fraction of sp³-hybridized carbons (Fsp3) is 0.238. The van der Waals surface area contributed by atoms with Gasteiger partial charge in [0.1, 0.15) is 5.82 Å². The Bertz CT molecular complexity index is 856. The second kappa shape index (κ2) is 9.78. The number of rotatable bonds is 7. The third-order valence-corrected chi connectivity index (χ3v) is 4.51. The number of aliphatic imine (C=N–C) groups is 1. The predicted molar refractivity (Wildman–Crippen MR) is 111 cm³/mol. The molecule has 27 heavy (non-hydrogen) atoms. The van der Waals surface area contributed by atoms with Gasteiger partial charge in [0.15, 0.2) is 5.96 Å². The fourth-order valence-electron chi connectivity index (χ4n) is 2.79. The topological polar surface area (TPSA) is 54.2 Å². The Balaban J connectivity index is 1.48. The average molecular weight is 382 g/mol.